The number of nitrogens with zero attached hydrogens (tertiary/aromatic N) is 3. The van der Waals surface area contributed by atoms with E-state index < -0.39 is 0 Å². The van der Waals surface area contributed by atoms with Gasteiger partial charge in [-0.05, 0) is 6.07 Å². The van der Waals surface area contributed by atoms with Gasteiger partial charge in [-0.15, -0.1) is 24.0 Å². The summed E-state index contributed by atoms with van der Waals surface area (Å²) in [5.41, 5.74) is 5.61. The third kappa shape index (κ3) is 6.62. The standard InChI is InChI=1S/C9H17N5O.HI/c1-15-8-5-12-9(10)11-4-7-14-6-2-3-13-14;/h2-3,6H,4-5,7-8H2,1H3,(H3,10,11,12);1H. The maximum Gasteiger partial charge on any atom is 0.188 e. The number of rotatable bonds is 6. The molecule has 0 spiro atoms. The van der Waals surface area contributed by atoms with Crippen molar-refractivity contribution < 1.29 is 4.74 Å². The second-order valence-corrected chi connectivity index (χ2v) is 2.96. The fraction of sp³-hybridized carbons (Fsp3) is 0.556. The first-order valence-electron chi connectivity index (χ1n) is 4.83. The monoisotopic (exact) mass is 339 g/mol. The van der Waals surface area contributed by atoms with E-state index >= 15 is 0 Å². The van der Waals surface area contributed by atoms with Gasteiger partial charge < -0.3 is 15.8 Å². The predicted molar refractivity (Wildman–Crippen MR) is 74.0 cm³/mol. The van der Waals surface area contributed by atoms with Crippen LogP contribution in [0, 0.1) is 0 Å². The van der Waals surface area contributed by atoms with E-state index in [1.54, 1.807) is 13.3 Å². The van der Waals surface area contributed by atoms with Crippen molar-refractivity contribution in [3.8, 4) is 0 Å². The number of nitrogens with two attached hydrogens (primary N) is 1. The van der Waals surface area contributed by atoms with Crippen LogP contribution in [0.15, 0.2) is 23.5 Å². The molecule has 92 valence electrons. The number of hydrogen-bond donors (Lipinski definition) is 2. The second-order valence-electron chi connectivity index (χ2n) is 2.96. The molecule has 0 atom stereocenters. The van der Waals surface area contributed by atoms with E-state index in [-0.39, 0.29) is 24.0 Å². The molecule has 0 fully saturated rings. The van der Waals surface area contributed by atoms with Crippen molar-refractivity contribution in [2.45, 2.75) is 6.54 Å². The van der Waals surface area contributed by atoms with Gasteiger partial charge in [0.1, 0.15) is 0 Å². The highest BCUT2D eigenvalue weighted by atomic mass is 127. The second kappa shape index (κ2) is 9.40. The lowest BCUT2D eigenvalue weighted by molar-refractivity contribution is 0.208. The van der Waals surface area contributed by atoms with Crippen molar-refractivity contribution in [3.05, 3.63) is 18.5 Å². The van der Waals surface area contributed by atoms with E-state index in [1.807, 2.05) is 16.9 Å². The summed E-state index contributed by atoms with van der Waals surface area (Å²) >= 11 is 0. The molecule has 0 aliphatic heterocycles. The summed E-state index contributed by atoms with van der Waals surface area (Å²) < 4.78 is 6.68. The molecule has 0 bridgehead atoms. The van der Waals surface area contributed by atoms with Gasteiger partial charge in [0, 0.05) is 26.0 Å². The van der Waals surface area contributed by atoms with Gasteiger partial charge in [-0.25, -0.2) is 0 Å². The van der Waals surface area contributed by atoms with Crippen LogP contribution in [0.4, 0.5) is 0 Å². The van der Waals surface area contributed by atoms with Crippen LogP contribution in [0.2, 0.25) is 0 Å². The van der Waals surface area contributed by atoms with Crippen molar-refractivity contribution in [2.75, 3.05) is 26.8 Å². The Morgan fingerprint density at radius 2 is 2.44 bits per heavy atom. The van der Waals surface area contributed by atoms with Gasteiger partial charge in [0.05, 0.1) is 19.7 Å². The molecule has 0 saturated carbocycles. The highest BCUT2D eigenvalue weighted by Crippen LogP contribution is 1.82. The minimum absolute atomic E-state index is 0. The van der Waals surface area contributed by atoms with Crippen molar-refractivity contribution in [3.63, 3.8) is 0 Å². The zero-order chi connectivity index (χ0) is 10.9. The van der Waals surface area contributed by atoms with Gasteiger partial charge in [0.25, 0.3) is 0 Å². The number of methoxy groups -OCH3 is 1. The van der Waals surface area contributed by atoms with Crippen LogP contribution in [-0.4, -0.2) is 42.5 Å². The van der Waals surface area contributed by atoms with E-state index in [0.717, 1.165) is 6.54 Å². The fourth-order valence-corrected chi connectivity index (χ4v) is 1.04. The Morgan fingerprint density at radius 3 is 3.06 bits per heavy atom. The molecular weight excluding hydrogens is 321 g/mol. The largest absolute Gasteiger partial charge is 0.383 e. The normalized spacial score (nSPS) is 10.9. The van der Waals surface area contributed by atoms with Crippen LogP contribution in [0.5, 0.6) is 0 Å². The van der Waals surface area contributed by atoms with Gasteiger partial charge in [0.15, 0.2) is 5.96 Å². The third-order valence-electron chi connectivity index (χ3n) is 1.78. The van der Waals surface area contributed by atoms with Gasteiger partial charge in [0.2, 0.25) is 0 Å². The van der Waals surface area contributed by atoms with E-state index in [4.69, 9.17) is 10.5 Å². The zero-order valence-electron chi connectivity index (χ0n) is 9.30. The van der Waals surface area contributed by atoms with Crippen LogP contribution in [-0.2, 0) is 11.3 Å². The number of ether oxygens (including phenoxy) is 1. The highest BCUT2D eigenvalue weighted by Gasteiger charge is 1.92. The van der Waals surface area contributed by atoms with Crippen molar-refractivity contribution in [1.29, 1.82) is 0 Å². The van der Waals surface area contributed by atoms with Gasteiger partial charge in [-0.2, -0.15) is 5.10 Å². The summed E-state index contributed by atoms with van der Waals surface area (Å²) in [6.45, 7) is 2.65. The summed E-state index contributed by atoms with van der Waals surface area (Å²) in [5.74, 6) is 0.444. The molecule has 16 heavy (non-hydrogen) atoms. The lowest BCUT2D eigenvalue weighted by Gasteiger charge is -2.05. The predicted octanol–water partition coefficient (Wildman–Crippen LogP) is 0.0518. The molecule has 0 radical (unpaired) electrons. The van der Waals surface area contributed by atoms with E-state index in [9.17, 15) is 0 Å². The molecule has 3 N–H and O–H groups in total. The Morgan fingerprint density at radius 1 is 1.62 bits per heavy atom. The van der Waals surface area contributed by atoms with Crippen LogP contribution >= 0.6 is 24.0 Å². The highest BCUT2D eigenvalue weighted by molar-refractivity contribution is 14.0. The maximum atomic E-state index is 5.61. The molecule has 1 aromatic rings. The summed E-state index contributed by atoms with van der Waals surface area (Å²) in [6, 6.07) is 1.88. The molecule has 7 heteroatoms. The zero-order valence-corrected chi connectivity index (χ0v) is 11.6. The number of hydrogen-bond acceptors (Lipinski definition) is 3. The molecule has 1 rings (SSSR count). The number of aliphatic imine (C=N–C) groups is 1. The topological polar surface area (TPSA) is 77.5 Å². The molecule has 0 aliphatic carbocycles. The summed E-state index contributed by atoms with van der Waals surface area (Å²) in [5, 5.41) is 7.06. The number of halogens is 1. The quantitative estimate of drug-likeness (QED) is 0.332. The molecule has 0 aromatic carbocycles. The Balaban J connectivity index is 0.00000225. The minimum Gasteiger partial charge on any atom is -0.383 e. The number of guanidine groups is 1. The third-order valence-corrected chi connectivity index (χ3v) is 1.78. The summed E-state index contributed by atoms with van der Waals surface area (Å²) in [6.07, 6.45) is 3.65. The Bertz CT molecular complexity index is 288. The van der Waals surface area contributed by atoms with E-state index in [2.05, 4.69) is 15.4 Å². The van der Waals surface area contributed by atoms with Crippen molar-refractivity contribution >= 4 is 29.9 Å². The van der Waals surface area contributed by atoms with Crippen molar-refractivity contribution in [2.24, 2.45) is 10.7 Å². The Kier molecular flexibility index (Phi) is 8.91. The Labute approximate surface area is 112 Å². The van der Waals surface area contributed by atoms with E-state index in [1.165, 1.54) is 0 Å². The van der Waals surface area contributed by atoms with E-state index in [0.29, 0.717) is 25.7 Å². The minimum atomic E-state index is 0. The molecule has 1 heterocycles. The average Bonchev–Trinajstić information content (AvgIpc) is 2.71. The molecule has 1 aromatic heterocycles. The summed E-state index contributed by atoms with van der Waals surface area (Å²) in [4.78, 5) is 4.06. The maximum absolute atomic E-state index is 5.61. The molecule has 0 amide bonds. The first-order valence-corrected chi connectivity index (χ1v) is 4.83. The van der Waals surface area contributed by atoms with Gasteiger partial charge in [-0.1, -0.05) is 0 Å². The first kappa shape index (κ1) is 15.2. The molecule has 0 unspecified atom stereocenters. The smallest absolute Gasteiger partial charge is 0.188 e. The SMILES string of the molecule is COCCN=C(N)NCCn1cccn1.I. The van der Waals surface area contributed by atoms with Crippen LogP contribution in [0.25, 0.3) is 0 Å². The molecule has 0 aliphatic rings. The average molecular weight is 339 g/mol. The van der Waals surface area contributed by atoms with Crippen LogP contribution < -0.4 is 11.1 Å². The fourth-order valence-electron chi connectivity index (χ4n) is 1.04. The van der Waals surface area contributed by atoms with Gasteiger partial charge >= 0.3 is 0 Å². The number of aromatic nitrogens is 2. The molecule has 6 nitrogen and oxygen atoms in total. The Hall–Kier alpha value is -0.830. The lowest BCUT2D eigenvalue weighted by Crippen LogP contribution is -2.34. The first-order chi connectivity index (χ1) is 7.33. The molecular formula is C9H18IN5O. The van der Waals surface area contributed by atoms with Crippen LogP contribution in [0.3, 0.4) is 0 Å². The lowest BCUT2D eigenvalue weighted by atomic mass is 10.6. The van der Waals surface area contributed by atoms with Crippen LogP contribution in [0.1, 0.15) is 0 Å². The molecule has 0 saturated heterocycles. The van der Waals surface area contributed by atoms with Crippen molar-refractivity contribution in [1.82, 2.24) is 15.1 Å². The number of nitrogens with one attached hydrogen (secondary N) is 1. The summed E-state index contributed by atoms with van der Waals surface area (Å²) in [7, 11) is 1.64. The van der Waals surface area contributed by atoms with Gasteiger partial charge in [-0.3, -0.25) is 9.67 Å².